The maximum atomic E-state index is 13.3. The minimum absolute atomic E-state index is 0.129. The van der Waals surface area contributed by atoms with Crippen LogP contribution < -0.4 is 16.0 Å². The Balaban J connectivity index is 1.56. The van der Waals surface area contributed by atoms with E-state index in [1.807, 2.05) is 30.3 Å². The van der Waals surface area contributed by atoms with Crippen LogP contribution >= 0.6 is 11.6 Å². The van der Waals surface area contributed by atoms with Crippen LogP contribution in [0.4, 0.5) is 17.5 Å². The molecule has 0 spiro atoms. The third-order valence-electron chi connectivity index (χ3n) is 5.76. The van der Waals surface area contributed by atoms with Crippen molar-refractivity contribution in [3.05, 3.63) is 77.4 Å². The molecule has 2 aromatic heterocycles. The minimum atomic E-state index is -3.70. The Kier molecular flexibility index (Phi) is 6.40. The predicted molar refractivity (Wildman–Crippen MR) is 136 cm³/mol. The first-order valence-corrected chi connectivity index (χ1v) is 13.1. The summed E-state index contributed by atoms with van der Waals surface area (Å²) in [5.74, 6) is 0.770. The maximum Gasteiger partial charge on any atom is 0.244 e. The second-order valence-corrected chi connectivity index (χ2v) is 10.6. The van der Waals surface area contributed by atoms with Gasteiger partial charge in [0.05, 0.1) is 11.1 Å². The van der Waals surface area contributed by atoms with Crippen LogP contribution in [0.1, 0.15) is 18.4 Å². The van der Waals surface area contributed by atoms with Gasteiger partial charge in [-0.3, -0.25) is 0 Å². The molecule has 0 bridgehead atoms. The summed E-state index contributed by atoms with van der Waals surface area (Å²) in [7, 11) is -3.70. The van der Waals surface area contributed by atoms with E-state index in [1.165, 1.54) is 3.97 Å². The molecule has 3 N–H and O–H groups in total. The van der Waals surface area contributed by atoms with Crippen LogP contribution in [0.2, 0.25) is 5.02 Å². The molecule has 1 saturated heterocycles. The summed E-state index contributed by atoms with van der Waals surface area (Å²) in [6, 6.07) is 18.3. The molecule has 1 aliphatic heterocycles. The van der Waals surface area contributed by atoms with Crippen LogP contribution in [0, 0.1) is 0 Å². The second-order valence-electron chi connectivity index (χ2n) is 8.29. The number of anilines is 3. The van der Waals surface area contributed by atoms with E-state index in [0.29, 0.717) is 39.1 Å². The predicted octanol–water partition coefficient (Wildman–Crippen LogP) is 4.37. The van der Waals surface area contributed by atoms with Gasteiger partial charge >= 0.3 is 0 Å². The quantitative estimate of drug-likeness (QED) is 0.349. The van der Waals surface area contributed by atoms with Crippen molar-refractivity contribution in [1.29, 1.82) is 0 Å². The molecule has 5 rings (SSSR count). The zero-order chi connectivity index (χ0) is 23.5. The topological polar surface area (TPSA) is 101 Å². The lowest BCUT2D eigenvalue weighted by Gasteiger charge is -2.24. The molecular formula is C24H25ClN6O2S. The Labute approximate surface area is 203 Å². The van der Waals surface area contributed by atoms with Gasteiger partial charge in [0.25, 0.3) is 0 Å². The van der Waals surface area contributed by atoms with Crippen molar-refractivity contribution in [3.63, 3.8) is 0 Å². The number of piperidine rings is 1. The van der Waals surface area contributed by atoms with Crippen molar-refractivity contribution >= 4 is 50.1 Å². The highest BCUT2D eigenvalue weighted by molar-refractivity contribution is 7.89. The van der Waals surface area contributed by atoms with Gasteiger partial charge in [-0.2, -0.15) is 9.97 Å². The molecule has 8 nitrogen and oxygen atoms in total. The molecule has 0 aliphatic carbocycles. The number of nitrogens with one attached hydrogen (secondary N) is 3. The van der Waals surface area contributed by atoms with Crippen LogP contribution in [0.15, 0.2) is 66.9 Å². The van der Waals surface area contributed by atoms with Gasteiger partial charge in [0.2, 0.25) is 16.0 Å². The number of aromatic nitrogens is 3. The standard InChI is InChI=1S/C24H25ClN6O2S/c25-18-7-4-8-20(15-18)28-24-29-22(27-19-9-12-26-13-10-19)21-11-14-31(23(21)30-24)34(32,33)16-17-5-2-1-3-6-17/h1-8,11,14-15,19,26H,9-10,12-13,16H2,(H2,27,28,29,30). The van der Waals surface area contributed by atoms with Crippen molar-refractivity contribution in [2.24, 2.45) is 0 Å². The summed E-state index contributed by atoms with van der Waals surface area (Å²) in [6.07, 6.45) is 3.46. The van der Waals surface area contributed by atoms with Gasteiger partial charge < -0.3 is 16.0 Å². The van der Waals surface area contributed by atoms with E-state index in [1.54, 1.807) is 36.5 Å². The highest BCUT2D eigenvalue weighted by Crippen LogP contribution is 2.28. The molecule has 0 amide bonds. The van der Waals surface area contributed by atoms with E-state index < -0.39 is 10.0 Å². The van der Waals surface area contributed by atoms with Crippen molar-refractivity contribution in [3.8, 4) is 0 Å². The van der Waals surface area contributed by atoms with Gasteiger partial charge in [0, 0.05) is 22.9 Å². The summed E-state index contributed by atoms with van der Waals surface area (Å²) < 4.78 is 27.9. The molecule has 34 heavy (non-hydrogen) atoms. The number of hydrogen-bond acceptors (Lipinski definition) is 7. The van der Waals surface area contributed by atoms with Crippen molar-refractivity contribution in [2.45, 2.75) is 24.6 Å². The van der Waals surface area contributed by atoms with Gasteiger partial charge in [0.1, 0.15) is 5.82 Å². The Morgan fingerprint density at radius 2 is 1.82 bits per heavy atom. The van der Waals surface area contributed by atoms with Crippen LogP contribution in [0.5, 0.6) is 0 Å². The van der Waals surface area contributed by atoms with E-state index in [0.717, 1.165) is 25.9 Å². The monoisotopic (exact) mass is 496 g/mol. The molecule has 10 heteroatoms. The molecule has 3 heterocycles. The molecular weight excluding hydrogens is 472 g/mol. The summed E-state index contributed by atoms with van der Waals surface area (Å²) in [5, 5.41) is 11.3. The largest absolute Gasteiger partial charge is 0.367 e. The second kappa shape index (κ2) is 9.61. The summed E-state index contributed by atoms with van der Waals surface area (Å²) >= 11 is 6.13. The number of hydrogen-bond donors (Lipinski definition) is 3. The lowest BCUT2D eigenvalue weighted by atomic mass is 10.1. The molecule has 0 saturated carbocycles. The average molecular weight is 497 g/mol. The lowest BCUT2D eigenvalue weighted by molar-refractivity contribution is 0.478. The normalized spacial score (nSPS) is 14.9. The SMILES string of the molecule is O=S(=O)(Cc1ccccc1)n1ccc2c(NC3CCNCC3)nc(Nc3cccc(Cl)c3)nc21. The van der Waals surface area contributed by atoms with E-state index in [2.05, 4.69) is 20.9 Å². The minimum Gasteiger partial charge on any atom is -0.367 e. The first kappa shape index (κ1) is 22.6. The van der Waals surface area contributed by atoms with Crippen molar-refractivity contribution in [1.82, 2.24) is 19.3 Å². The average Bonchev–Trinajstić information content (AvgIpc) is 3.26. The molecule has 176 valence electrons. The summed E-state index contributed by atoms with van der Waals surface area (Å²) in [4.78, 5) is 9.28. The maximum absolute atomic E-state index is 13.3. The first-order chi connectivity index (χ1) is 16.5. The fourth-order valence-corrected chi connectivity index (χ4v) is 5.68. The summed E-state index contributed by atoms with van der Waals surface area (Å²) in [5.41, 5.74) is 1.75. The Morgan fingerprint density at radius 1 is 1.03 bits per heavy atom. The Bertz CT molecular complexity index is 1400. The highest BCUT2D eigenvalue weighted by atomic mass is 35.5. The number of nitrogens with zero attached hydrogens (tertiary/aromatic N) is 3. The highest BCUT2D eigenvalue weighted by Gasteiger charge is 2.22. The third kappa shape index (κ3) is 5.01. The number of rotatable bonds is 7. The molecule has 0 radical (unpaired) electrons. The molecule has 0 atom stereocenters. The van der Waals surface area contributed by atoms with E-state index in [4.69, 9.17) is 16.6 Å². The zero-order valence-electron chi connectivity index (χ0n) is 18.4. The molecule has 4 aromatic rings. The Hall–Kier alpha value is -3.14. The number of halogens is 1. The molecule has 2 aromatic carbocycles. The number of fused-ring (bicyclic) bond motifs is 1. The van der Waals surface area contributed by atoms with Crippen molar-refractivity contribution < 1.29 is 8.42 Å². The first-order valence-electron chi connectivity index (χ1n) is 11.1. The fourth-order valence-electron chi connectivity index (χ4n) is 4.09. The molecule has 1 fully saturated rings. The fraction of sp³-hybridized carbons (Fsp3) is 0.250. The van der Waals surface area contributed by atoms with Gasteiger partial charge in [0.15, 0.2) is 5.65 Å². The van der Waals surface area contributed by atoms with Gasteiger partial charge in [-0.25, -0.2) is 12.4 Å². The summed E-state index contributed by atoms with van der Waals surface area (Å²) in [6.45, 7) is 1.85. The van der Waals surface area contributed by atoms with Gasteiger partial charge in [-0.05, 0) is 55.8 Å². The van der Waals surface area contributed by atoms with E-state index in [-0.39, 0.29) is 11.8 Å². The molecule has 0 unspecified atom stereocenters. The lowest BCUT2D eigenvalue weighted by Crippen LogP contribution is -2.35. The van der Waals surface area contributed by atoms with Gasteiger partial charge in [-0.1, -0.05) is 48.0 Å². The number of benzene rings is 2. The van der Waals surface area contributed by atoms with Crippen molar-refractivity contribution in [2.75, 3.05) is 23.7 Å². The smallest absolute Gasteiger partial charge is 0.244 e. The third-order valence-corrected chi connectivity index (χ3v) is 7.59. The zero-order valence-corrected chi connectivity index (χ0v) is 20.0. The van der Waals surface area contributed by atoms with Crippen LogP contribution in [-0.4, -0.2) is 41.5 Å². The van der Waals surface area contributed by atoms with E-state index >= 15 is 0 Å². The van der Waals surface area contributed by atoms with Crippen LogP contribution in [0.3, 0.4) is 0 Å². The molecule has 1 aliphatic rings. The van der Waals surface area contributed by atoms with Crippen LogP contribution in [0.25, 0.3) is 11.0 Å². The van der Waals surface area contributed by atoms with Gasteiger partial charge in [-0.15, -0.1) is 0 Å². The van der Waals surface area contributed by atoms with E-state index in [9.17, 15) is 8.42 Å². The van der Waals surface area contributed by atoms with Crippen LogP contribution in [-0.2, 0) is 15.8 Å². The Morgan fingerprint density at radius 3 is 2.59 bits per heavy atom.